The van der Waals surface area contributed by atoms with E-state index >= 15 is 0 Å². The van der Waals surface area contributed by atoms with E-state index in [0.717, 1.165) is 0 Å². The van der Waals surface area contributed by atoms with Gasteiger partial charge in [-0.15, -0.1) is 11.3 Å². The number of hydrazone groups is 1. The molecular weight excluding hydrogens is 288 g/mol. The number of phenolic OH excluding ortho intramolecular Hbond substituents is 1. The molecular formula is C11H11ClN4O2S. The van der Waals surface area contributed by atoms with Gasteiger partial charge < -0.3 is 15.6 Å². The number of hydrogen-bond donors (Lipinski definition) is 3. The van der Waals surface area contributed by atoms with Gasteiger partial charge in [-0.1, -0.05) is 11.6 Å². The van der Waals surface area contributed by atoms with Gasteiger partial charge in [-0.2, -0.15) is 5.10 Å². The molecule has 6 nitrogen and oxygen atoms in total. The second kappa shape index (κ2) is 5.77. The molecule has 2 rings (SSSR count). The first-order valence-electron chi connectivity index (χ1n) is 5.16. The van der Waals surface area contributed by atoms with Crippen molar-refractivity contribution >= 4 is 40.1 Å². The van der Waals surface area contributed by atoms with Crippen LogP contribution >= 0.6 is 22.9 Å². The summed E-state index contributed by atoms with van der Waals surface area (Å²) in [5, 5.41) is 16.2. The maximum atomic E-state index is 9.53. The summed E-state index contributed by atoms with van der Waals surface area (Å²) in [5.41, 5.74) is 8.82. The van der Waals surface area contributed by atoms with Gasteiger partial charge in [-0.3, -0.25) is 5.43 Å². The van der Waals surface area contributed by atoms with Crippen molar-refractivity contribution in [2.24, 2.45) is 5.10 Å². The second-order valence-electron chi connectivity index (χ2n) is 3.49. The van der Waals surface area contributed by atoms with Crippen LogP contribution in [0.5, 0.6) is 11.5 Å². The fourth-order valence-electron chi connectivity index (χ4n) is 1.32. The summed E-state index contributed by atoms with van der Waals surface area (Å²) in [6, 6.07) is 2.97. The van der Waals surface area contributed by atoms with Crippen molar-refractivity contribution in [2.75, 3.05) is 18.3 Å². The van der Waals surface area contributed by atoms with Gasteiger partial charge in [0.1, 0.15) is 5.82 Å². The number of nitrogen functional groups attached to an aromatic ring is 1. The Kier molecular flexibility index (Phi) is 4.08. The van der Waals surface area contributed by atoms with E-state index in [0.29, 0.717) is 27.3 Å². The molecule has 2 aromatic rings. The average Bonchev–Trinajstić information content (AvgIpc) is 2.78. The Balaban J connectivity index is 2.14. The number of nitrogens with zero attached hydrogens (tertiary/aromatic N) is 2. The molecule has 0 saturated heterocycles. The number of benzene rings is 1. The normalized spacial score (nSPS) is 10.8. The lowest BCUT2D eigenvalue weighted by atomic mass is 10.2. The minimum absolute atomic E-state index is 0.0229. The molecule has 19 heavy (non-hydrogen) atoms. The van der Waals surface area contributed by atoms with Crippen LogP contribution in [0.3, 0.4) is 0 Å². The van der Waals surface area contributed by atoms with Crippen molar-refractivity contribution in [1.82, 2.24) is 4.98 Å². The molecule has 1 aromatic heterocycles. The SMILES string of the molecule is COc1cc(C=NNc2nc(N)cs2)c(Cl)cc1O. The summed E-state index contributed by atoms with van der Waals surface area (Å²) in [6.45, 7) is 0. The molecule has 100 valence electrons. The second-order valence-corrected chi connectivity index (χ2v) is 4.76. The first-order valence-corrected chi connectivity index (χ1v) is 6.42. The molecule has 0 unspecified atom stereocenters. The number of ether oxygens (including phenoxy) is 1. The summed E-state index contributed by atoms with van der Waals surface area (Å²) in [4.78, 5) is 3.99. The van der Waals surface area contributed by atoms with Crippen molar-refractivity contribution < 1.29 is 9.84 Å². The topological polar surface area (TPSA) is 92.8 Å². The van der Waals surface area contributed by atoms with Crippen molar-refractivity contribution in [1.29, 1.82) is 0 Å². The molecule has 0 fully saturated rings. The Labute approximate surface area is 118 Å². The van der Waals surface area contributed by atoms with E-state index in [9.17, 15) is 5.11 Å². The van der Waals surface area contributed by atoms with Gasteiger partial charge in [0, 0.05) is 17.0 Å². The fourth-order valence-corrected chi connectivity index (χ4v) is 2.07. The lowest BCUT2D eigenvalue weighted by Gasteiger charge is -2.05. The molecule has 0 bridgehead atoms. The van der Waals surface area contributed by atoms with E-state index in [4.69, 9.17) is 22.1 Å². The number of halogens is 1. The number of nitrogens with two attached hydrogens (primary N) is 1. The summed E-state index contributed by atoms with van der Waals surface area (Å²) in [6.07, 6.45) is 1.50. The van der Waals surface area contributed by atoms with E-state index in [-0.39, 0.29) is 5.75 Å². The van der Waals surface area contributed by atoms with Gasteiger partial charge in [0.2, 0.25) is 5.13 Å². The number of hydrogen-bond acceptors (Lipinski definition) is 7. The lowest BCUT2D eigenvalue weighted by Crippen LogP contribution is -1.93. The van der Waals surface area contributed by atoms with E-state index in [2.05, 4.69) is 15.5 Å². The highest BCUT2D eigenvalue weighted by atomic mass is 35.5. The largest absolute Gasteiger partial charge is 0.504 e. The van der Waals surface area contributed by atoms with Crippen LogP contribution in [0.4, 0.5) is 10.9 Å². The number of methoxy groups -OCH3 is 1. The maximum absolute atomic E-state index is 9.53. The molecule has 4 N–H and O–H groups in total. The van der Waals surface area contributed by atoms with Gasteiger partial charge in [-0.05, 0) is 6.07 Å². The van der Waals surface area contributed by atoms with Crippen molar-refractivity contribution in [3.63, 3.8) is 0 Å². The summed E-state index contributed by atoms with van der Waals surface area (Å²) in [7, 11) is 1.46. The Hall–Kier alpha value is -1.99. The molecule has 1 aromatic carbocycles. The van der Waals surface area contributed by atoms with Gasteiger partial charge in [0.25, 0.3) is 0 Å². The lowest BCUT2D eigenvalue weighted by molar-refractivity contribution is 0.373. The third-order valence-electron chi connectivity index (χ3n) is 2.18. The quantitative estimate of drug-likeness (QED) is 0.596. The third-order valence-corrected chi connectivity index (χ3v) is 3.28. The maximum Gasteiger partial charge on any atom is 0.205 e. The Bertz CT molecular complexity index is 615. The molecule has 0 radical (unpaired) electrons. The van der Waals surface area contributed by atoms with Crippen LogP contribution in [0.1, 0.15) is 5.56 Å². The van der Waals surface area contributed by atoms with Crippen LogP contribution in [-0.2, 0) is 0 Å². The number of rotatable bonds is 4. The smallest absolute Gasteiger partial charge is 0.205 e. The first kappa shape index (κ1) is 13.4. The number of aromatic hydroxyl groups is 1. The van der Waals surface area contributed by atoms with Gasteiger partial charge in [0.15, 0.2) is 11.5 Å². The Morgan fingerprint density at radius 2 is 2.37 bits per heavy atom. The number of thiazole rings is 1. The van der Waals surface area contributed by atoms with Crippen LogP contribution in [0.2, 0.25) is 5.02 Å². The molecule has 0 atom stereocenters. The van der Waals surface area contributed by atoms with Crippen molar-refractivity contribution in [2.45, 2.75) is 0 Å². The number of nitrogens with one attached hydrogen (secondary N) is 1. The molecule has 0 amide bonds. The Morgan fingerprint density at radius 1 is 1.58 bits per heavy atom. The summed E-state index contributed by atoms with van der Waals surface area (Å²) in [5.74, 6) is 0.738. The van der Waals surface area contributed by atoms with Crippen LogP contribution in [-0.4, -0.2) is 23.4 Å². The van der Waals surface area contributed by atoms with Gasteiger partial charge >= 0.3 is 0 Å². The minimum atomic E-state index is -0.0229. The average molecular weight is 299 g/mol. The Morgan fingerprint density at radius 3 is 3.00 bits per heavy atom. The zero-order valence-corrected chi connectivity index (χ0v) is 11.5. The van der Waals surface area contributed by atoms with E-state index in [1.165, 1.54) is 30.7 Å². The molecule has 1 heterocycles. The standard InChI is InChI=1S/C11H11ClN4O2S/c1-18-9-2-6(7(12)3-8(9)17)4-14-16-11-15-10(13)5-19-11/h2-5,17H,13H2,1H3,(H,15,16). The van der Waals surface area contributed by atoms with E-state index in [1.54, 1.807) is 11.4 Å². The molecule has 0 aliphatic carbocycles. The molecule has 0 aliphatic rings. The fraction of sp³-hybridized carbons (Fsp3) is 0.0909. The van der Waals surface area contributed by atoms with Crippen molar-refractivity contribution in [3.05, 3.63) is 28.1 Å². The molecule has 0 aliphatic heterocycles. The van der Waals surface area contributed by atoms with Crippen molar-refractivity contribution in [3.8, 4) is 11.5 Å². The summed E-state index contributed by atoms with van der Waals surface area (Å²) < 4.78 is 4.99. The third kappa shape index (κ3) is 3.27. The van der Waals surface area contributed by atoms with Gasteiger partial charge in [0.05, 0.1) is 18.3 Å². The zero-order valence-electron chi connectivity index (χ0n) is 9.92. The number of aromatic nitrogens is 1. The molecule has 0 spiro atoms. The molecule has 8 heteroatoms. The first-order chi connectivity index (χ1) is 9.10. The van der Waals surface area contributed by atoms with Crippen LogP contribution in [0, 0.1) is 0 Å². The number of anilines is 2. The highest BCUT2D eigenvalue weighted by Gasteiger charge is 2.06. The van der Waals surface area contributed by atoms with Crippen LogP contribution in [0.15, 0.2) is 22.6 Å². The summed E-state index contributed by atoms with van der Waals surface area (Å²) >= 11 is 7.32. The number of phenols is 1. The van der Waals surface area contributed by atoms with Gasteiger partial charge in [-0.25, -0.2) is 4.98 Å². The highest BCUT2D eigenvalue weighted by molar-refractivity contribution is 7.14. The van der Waals surface area contributed by atoms with E-state index < -0.39 is 0 Å². The van der Waals surface area contributed by atoms with E-state index in [1.807, 2.05) is 0 Å². The predicted octanol–water partition coefficient (Wildman–Crippen LogP) is 2.54. The zero-order chi connectivity index (χ0) is 13.8. The predicted molar refractivity (Wildman–Crippen MR) is 77.4 cm³/mol. The molecule has 0 saturated carbocycles. The van der Waals surface area contributed by atoms with Crippen LogP contribution < -0.4 is 15.9 Å². The minimum Gasteiger partial charge on any atom is -0.504 e. The monoisotopic (exact) mass is 298 g/mol. The van der Waals surface area contributed by atoms with Crippen LogP contribution in [0.25, 0.3) is 0 Å². The highest BCUT2D eigenvalue weighted by Crippen LogP contribution is 2.31.